The van der Waals surface area contributed by atoms with E-state index in [9.17, 15) is 14.0 Å². The number of amides is 1. The normalized spacial score (nSPS) is 10.3. The van der Waals surface area contributed by atoms with E-state index in [-0.39, 0.29) is 46.0 Å². The first kappa shape index (κ1) is 36.1. The number of pyridine rings is 1. The van der Waals surface area contributed by atoms with E-state index >= 15 is 8.78 Å². The molecular weight excluding hydrogens is 613 g/mol. The highest BCUT2D eigenvalue weighted by atomic mass is 19.1. The van der Waals surface area contributed by atoms with Crippen LogP contribution in [0.15, 0.2) is 60.7 Å². The number of hydrogen-bond donors (Lipinski definition) is 2. The summed E-state index contributed by atoms with van der Waals surface area (Å²) in [4.78, 5) is 29.3. The molecule has 0 spiro atoms. The van der Waals surface area contributed by atoms with Crippen LogP contribution in [0.5, 0.6) is 5.88 Å². The van der Waals surface area contributed by atoms with Gasteiger partial charge < -0.3 is 24.8 Å². The minimum atomic E-state index is -0.828. The van der Waals surface area contributed by atoms with Gasteiger partial charge in [-0.1, -0.05) is 26.0 Å². The van der Waals surface area contributed by atoms with Gasteiger partial charge in [-0.25, -0.2) is 22.9 Å². The maximum atomic E-state index is 15.2. The Hall–Kier alpha value is -5.41. The fourth-order valence-electron chi connectivity index (χ4n) is 4.42. The summed E-state index contributed by atoms with van der Waals surface area (Å²) in [5, 5.41) is 14.7. The minimum Gasteiger partial charge on any atom is -0.473 e. The van der Waals surface area contributed by atoms with E-state index in [4.69, 9.17) is 19.5 Å². The van der Waals surface area contributed by atoms with Gasteiger partial charge in [-0.3, -0.25) is 4.79 Å². The summed E-state index contributed by atoms with van der Waals surface area (Å²) < 4.78 is 60.0. The highest BCUT2D eigenvalue weighted by molar-refractivity contribution is 5.99. The number of nitrogens with zero attached hydrogens (tertiary/aromatic N) is 2. The molecule has 0 aliphatic heterocycles. The Balaban J connectivity index is 0.00000294. The first-order valence-electron chi connectivity index (χ1n) is 14.7. The average molecular weight is 649 g/mol. The molecule has 9 nitrogen and oxygen atoms in total. The van der Waals surface area contributed by atoms with Crippen LogP contribution in [0, 0.1) is 35.7 Å². The van der Waals surface area contributed by atoms with Crippen LogP contribution in [-0.4, -0.2) is 44.2 Å². The summed E-state index contributed by atoms with van der Waals surface area (Å²) in [6.45, 7) is 6.21. The lowest BCUT2D eigenvalue weighted by molar-refractivity contribution is -0.115. The van der Waals surface area contributed by atoms with Crippen LogP contribution in [0.4, 0.5) is 24.5 Å². The lowest BCUT2D eigenvalue weighted by Crippen LogP contribution is -2.19. The van der Waals surface area contributed by atoms with E-state index in [1.807, 2.05) is 19.9 Å². The molecule has 0 radical (unpaired) electrons. The topological polar surface area (TPSA) is 123 Å². The Labute approximate surface area is 271 Å². The lowest BCUT2D eigenvalue weighted by atomic mass is 10.0. The van der Waals surface area contributed by atoms with Gasteiger partial charge in [0.2, 0.25) is 11.8 Å². The maximum absolute atomic E-state index is 15.2. The van der Waals surface area contributed by atoms with Crippen molar-refractivity contribution in [1.29, 1.82) is 5.26 Å². The number of aromatic nitrogens is 1. The number of carbonyl (C=O) groups is 2. The fourth-order valence-corrected chi connectivity index (χ4v) is 4.42. The van der Waals surface area contributed by atoms with Crippen molar-refractivity contribution in [2.45, 2.75) is 33.8 Å². The first-order chi connectivity index (χ1) is 22.6. The zero-order chi connectivity index (χ0) is 34.5. The second-order valence-corrected chi connectivity index (χ2v) is 9.84. The number of benzene rings is 3. The summed E-state index contributed by atoms with van der Waals surface area (Å²) in [5.41, 5.74) is 1.67. The Morgan fingerprint density at radius 3 is 2.36 bits per heavy atom. The second kappa shape index (κ2) is 17.3. The molecule has 1 amide bonds. The molecule has 4 aromatic rings. The highest BCUT2D eigenvalue weighted by Gasteiger charge is 2.19. The van der Waals surface area contributed by atoms with Gasteiger partial charge in [0, 0.05) is 36.4 Å². The Morgan fingerprint density at radius 2 is 1.68 bits per heavy atom. The van der Waals surface area contributed by atoms with Crippen molar-refractivity contribution in [3.8, 4) is 23.2 Å². The number of methoxy groups -OCH3 is 2. The molecule has 1 aromatic heterocycles. The third-order valence-electron chi connectivity index (χ3n) is 6.69. The number of halogens is 3. The highest BCUT2D eigenvalue weighted by Crippen LogP contribution is 2.30. The molecule has 3 aromatic carbocycles. The predicted molar refractivity (Wildman–Crippen MR) is 172 cm³/mol. The van der Waals surface area contributed by atoms with Crippen LogP contribution in [0.25, 0.3) is 11.3 Å². The SMILES string of the molecule is CC.COCCNc1cc(C(=O)OC)cc(C)c1NC(=O)Cc1cc(F)c(-c2cccc(OCc3ccc(C#N)cc3F)n2)cc1F. The van der Waals surface area contributed by atoms with Crippen LogP contribution >= 0.6 is 0 Å². The third kappa shape index (κ3) is 9.54. The van der Waals surface area contributed by atoms with Crippen molar-refractivity contribution in [2.75, 3.05) is 38.0 Å². The molecule has 246 valence electrons. The molecule has 0 saturated heterocycles. The van der Waals surface area contributed by atoms with Crippen LogP contribution in [0.3, 0.4) is 0 Å². The molecular formula is C35H35F3N4O5. The van der Waals surface area contributed by atoms with E-state index in [2.05, 4.69) is 15.6 Å². The smallest absolute Gasteiger partial charge is 0.337 e. The fraction of sp³-hybridized carbons (Fsp3) is 0.257. The van der Waals surface area contributed by atoms with Crippen LogP contribution in [-0.2, 0) is 27.3 Å². The summed E-state index contributed by atoms with van der Waals surface area (Å²) in [6.07, 6.45) is -0.481. The van der Waals surface area contributed by atoms with Gasteiger partial charge in [0.15, 0.2) is 0 Å². The Kier molecular flexibility index (Phi) is 13.3. The van der Waals surface area contributed by atoms with Gasteiger partial charge in [-0.2, -0.15) is 5.26 Å². The molecule has 0 unspecified atom stereocenters. The lowest BCUT2D eigenvalue weighted by Gasteiger charge is -2.17. The first-order valence-corrected chi connectivity index (χ1v) is 14.7. The number of esters is 1. The number of aryl methyl sites for hydroxylation is 1. The molecule has 47 heavy (non-hydrogen) atoms. The van der Waals surface area contributed by atoms with Crippen LogP contribution in [0.2, 0.25) is 0 Å². The van der Waals surface area contributed by atoms with Crippen molar-refractivity contribution in [1.82, 2.24) is 4.98 Å². The van der Waals surface area contributed by atoms with E-state index in [0.717, 1.165) is 18.2 Å². The van der Waals surface area contributed by atoms with E-state index < -0.39 is 35.7 Å². The van der Waals surface area contributed by atoms with E-state index in [1.54, 1.807) is 13.0 Å². The second-order valence-electron chi connectivity index (χ2n) is 9.84. The van der Waals surface area contributed by atoms with Crippen molar-refractivity contribution in [3.63, 3.8) is 0 Å². The number of nitrogens with one attached hydrogen (secondary N) is 2. The zero-order valence-corrected chi connectivity index (χ0v) is 26.7. The number of ether oxygens (including phenoxy) is 3. The zero-order valence-electron chi connectivity index (χ0n) is 26.7. The van der Waals surface area contributed by atoms with Gasteiger partial charge in [-0.15, -0.1) is 0 Å². The molecule has 1 heterocycles. The quantitative estimate of drug-likeness (QED) is 0.125. The molecule has 12 heteroatoms. The number of hydrogen-bond acceptors (Lipinski definition) is 8. The van der Waals surface area contributed by atoms with Gasteiger partial charge >= 0.3 is 5.97 Å². The van der Waals surface area contributed by atoms with Crippen LogP contribution < -0.4 is 15.4 Å². The molecule has 4 rings (SSSR count). The monoisotopic (exact) mass is 648 g/mol. The number of anilines is 2. The summed E-state index contributed by atoms with van der Waals surface area (Å²) >= 11 is 0. The molecule has 0 aliphatic rings. The number of carbonyl (C=O) groups excluding carboxylic acids is 2. The van der Waals surface area contributed by atoms with E-state index in [1.165, 1.54) is 50.6 Å². The molecule has 0 bridgehead atoms. The van der Waals surface area contributed by atoms with Crippen molar-refractivity contribution in [2.24, 2.45) is 0 Å². The summed E-state index contributed by atoms with van der Waals surface area (Å²) in [7, 11) is 2.79. The molecule has 0 fully saturated rings. The summed E-state index contributed by atoms with van der Waals surface area (Å²) in [5.74, 6) is -3.40. The predicted octanol–water partition coefficient (Wildman–Crippen LogP) is 6.98. The molecule has 2 N–H and O–H groups in total. The summed E-state index contributed by atoms with van der Waals surface area (Å²) in [6, 6.07) is 15.2. The van der Waals surface area contributed by atoms with Gasteiger partial charge in [0.25, 0.3) is 0 Å². The number of rotatable bonds is 12. The molecule has 0 atom stereocenters. The molecule has 0 aliphatic carbocycles. The minimum absolute atomic E-state index is 0.0445. The third-order valence-corrected chi connectivity index (χ3v) is 6.69. The number of nitriles is 1. The van der Waals surface area contributed by atoms with Crippen LogP contribution in [0.1, 0.15) is 46.5 Å². The largest absolute Gasteiger partial charge is 0.473 e. The standard InChI is InChI=1S/C33H29F3N4O5.C2H6/c1-19-11-23(33(42)44-3)14-29(38-9-10-43-2)32(19)40-30(41)15-22-13-27(36)24(16-26(22)35)28-5-4-6-31(39-28)45-18-21-8-7-20(17-37)12-25(21)34;1-2/h4-8,11-14,16,38H,9-10,15,18H2,1-3H3,(H,40,41);1-2H3. The van der Waals surface area contributed by atoms with Gasteiger partial charge in [-0.05, 0) is 55.0 Å². The average Bonchev–Trinajstić information content (AvgIpc) is 3.07. The van der Waals surface area contributed by atoms with Crippen molar-refractivity contribution < 1.29 is 37.0 Å². The van der Waals surface area contributed by atoms with Crippen molar-refractivity contribution >= 4 is 23.3 Å². The maximum Gasteiger partial charge on any atom is 0.337 e. The Bertz CT molecular complexity index is 1780. The van der Waals surface area contributed by atoms with Gasteiger partial charge in [0.05, 0.1) is 54.4 Å². The molecule has 0 saturated carbocycles. The Morgan fingerprint density at radius 1 is 0.936 bits per heavy atom. The van der Waals surface area contributed by atoms with Crippen molar-refractivity contribution in [3.05, 3.63) is 106 Å². The van der Waals surface area contributed by atoms with E-state index in [0.29, 0.717) is 30.1 Å². The van der Waals surface area contributed by atoms with Gasteiger partial charge in [0.1, 0.15) is 24.1 Å².